The van der Waals surface area contributed by atoms with Gasteiger partial charge in [-0.05, 0) is 12.1 Å². The molecule has 0 unspecified atom stereocenters. The molecule has 1 aromatic heterocycles. The van der Waals surface area contributed by atoms with E-state index < -0.39 is 12.0 Å². The lowest BCUT2D eigenvalue weighted by Gasteiger charge is -2.09. The molecule has 2 rings (SSSR count). The van der Waals surface area contributed by atoms with Crippen LogP contribution in [0.5, 0.6) is 11.5 Å². The number of hydrogen-bond donors (Lipinski definition) is 0. The Morgan fingerprint density at radius 2 is 1.96 bits per heavy atom. The molecule has 0 saturated carbocycles. The highest BCUT2D eigenvalue weighted by molar-refractivity contribution is 7.99. The lowest BCUT2D eigenvalue weighted by Crippen LogP contribution is -2.13. The SMILES string of the molecule is COc1ccc(C(=O)CSc2nnc(C(F)(F)F)n2C)c(OC)c1. The Balaban J connectivity index is 2.13. The Bertz CT molecular complexity index is 747. The summed E-state index contributed by atoms with van der Waals surface area (Å²) < 4.78 is 49.0. The maximum atomic E-state index is 12.7. The van der Waals surface area contributed by atoms with Gasteiger partial charge in [0.05, 0.1) is 25.5 Å². The number of hydrogen-bond acceptors (Lipinski definition) is 6. The summed E-state index contributed by atoms with van der Waals surface area (Å²) in [6.07, 6.45) is -4.59. The van der Waals surface area contributed by atoms with Gasteiger partial charge >= 0.3 is 6.18 Å². The third-order valence-electron chi connectivity index (χ3n) is 3.13. The minimum Gasteiger partial charge on any atom is -0.497 e. The fourth-order valence-electron chi connectivity index (χ4n) is 1.92. The molecule has 2 aromatic rings. The molecule has 24 heavy (non-hydrogen) atoms. The number of ether oxygens (including phenoxy) is 2. The van der Waals surface area contributed by atoms with E-state index in [0.717, 1.165) is 16.3 Å². The number of aromatic nitrogens is 3. The lowest BCUT2D eigenvalue weighted by atomic mass is 10.1. The summed E-state index contributed by atoms with van der Waals surface area (Å²) in [6, 6.07) is 4.70. The summed E-state index contributed by atoms with van der Waals surface area (Å²) in [4.78, 5) is 12.3. The summed E-state index contributed by atoms with van der Waals surface area (Å²) in [7, 11) is 4.10. The summed E-state index contributed by atoms with van der Waals surface area (Å²) in [5.74, 6) is -0.671. The van der Waals surface area contributed by atoms with Gasteiger partial charge in [0.2, 0.25) is 5.82 Å². The van der Waals surface area contributed by atoms with Crippen LogP contribution >= 0.6 is 11.8 Å². The smallest absolute Gasteiger partial charge is 0.451 e. The van der Waals surface area contributed by atoms with Gasteiger partial charge in [-0.15, -0.1) is 10.2 Å². The first-order chi connectivity index (χ1) is 11.3. The van der Waals surface area contributed by atoms with E-state index in [-0.39, 0.29) is 16.7 Å². The quantitative estimate of drug-likeness (QED) is 0.582. The predicted octanol–water partition coefficient (Wildman–Crippen LogP) is 2.83. The average Bonchev–Trinajstić information content (AvgIpc) is 2.92. The molecular weight excluding hydrogens is 347 g/mol. The molecule has 0 bridgehead atoms. The average molecular weight is 361 g/mol. The van der Waals surface area contributed by atoms with Crippen LogP contribution in [0.3, 0.4) is 0 Å². The zero-order chi connectivity index (χ0) is 17.9. The third-order valence-corrected chi connectivity index (χ3v) is 4.15. The van der Waals surface area contributed by atoms with Crippen molar-refractivity contribution in [1.29, 1.82) is 0 Å². The van der Waals surface area contributed by atoms with Crippen molar-refractivity contribution < 1.29 is 27.4 Å². The number of alkyl halides is 3. The molecule has 6 nitrogen and oxygen atoms in total. The number of methoxy groups -OCH3 is 2. The summed E-state index contributed by atoms with van der Waals surface area (Å²) in [5.41, 5.74) is 0.309. The van der Waals surface area contributed by atoms with Crippen LogP contribution in [0, 0.1) is 0 Å². The Morgan fingerprint density at radius 3 is 2.50 bits per heavy atom. The molecule has 0 radical (unpaired) electrons. The Kier molecular flexibility index (Phi) is 5.37. The van der Waals surface area contributed by atoms with E-state index in [9.17, 15) is 18.0 Å². The molecule has 0 aliphatic carbocycles. The van der Waals surface area contributed by atoms with Crippen LogP contribution in [0.25, 0.3) is 0 Å². The van der Waals surface area contributed by atoms with Gasteiger partial charge in [0.25, 0.3) is 0 Å². The van der Waals surface area contributed by atoms with E-state index in [2.05, 4.69) is 10.2 Å². The van der Waals surface area contributed by atoms with E-state index in [1.807, 2.05) is 0 Å². The molecule has 0 aliphatic rings. The van der Waals surface area contributed by atoms with Gasteiger partial charge in [-0.1, -0.05) is 11.8 Å². The summed E-state index contributed by atoms with van der Waals surface area (Å²) >= 11 is 0.869. The first-order valence-corrected chi connectivity index (χ1v) is 7.61. The first kappa shape index (κ1) is 18.1. The van der Waals surface area contributed by atoms with Gasteiger partial charge < -0.3 is 14.0 Å². The van der Waals surface area contributed by atoms with E-state index in [1.165, 1.54) is 21.3 Å². The van der Waals surface area contributed by atoms with Crippen molar-refractivity contribution in [2.75, 3.05) is 20.0 Å². The molecule has 1 heterocycles. The maximum Gasteiger partial charge on any atom is 0.451 e. The zero-order valence-corrected chi connectivity index (χ0v) is 13.9. The number of nitrogens with zero attached hydrogens (tertiary/aromatic N) is 3. The zero-order valence-electron chi connectivity index (χ0n) is 13.0. The van der Waals surface area contributed by atoms with Gasteiger partial charge in [0, 0.05) is 13.1 Å². The van der Waals surface area contributed by atoms with E-state index in [0.29, 0.717) is 17.1 Å². The minimum atomic E-state index is -4.59. The van der Waals surface area contributed by atoms with Crippen molar-refractivity contribution in [2.24, 2.45) is 7.05 Å². The molecule has 0 saturated heterocycles. The minimum absolute atomic E-state index is 0.00292. The number of Topliss-reactive ketones (excluding diaryl/α,β-unsaturated/α-hetero) is 1. The van der Waals surface area contributed by atoms with Crippen LogP contribution < -0.4 is 9.47 Å². The van der Waals surface area contributed by atoms with Crippen LogP contribution in [-0.2, 0) is 13.2 Å². The number of ketones is 1. The van der Waals surface area contributed by atoms with Crippen molar-refractivity contribution in [3.63, 3.8) is 0 Å². The van der Waals surface area contributed by atoms with E-state index >= 15 is 0 Å². The number of thioether (sulfide) groups is 1. The van der Waals surface area contributed by atoms with E-state index in [1.54, 1.807) is 18.2 Å². The summed E-state index contributed by atoms with van der Waals surface area (Å²) in [5, 5.41) is 6.58. The van der Waals surface area contributed by atoms with Crippen molar-refractivity contribution in [1.82, 2.24) is 14.8 Å². The molecule has 10 heteroatoms. The molecular formula is C14H14F3N3O3S. The molecule has 0 amide bonds. The standard InChI is InChI=1S/C14H14F3N3O3S/c1-20-12(14(15,16)17)18-19-13(20)24-7-10(21)9-5-4-8(22-2)6-11(9)23-3/h4-6H,7H2,1-3H3. The van der Waals surface area contributed by atoms with Gasteiger partial charge in [-0.25, -0.2) is 0 Å². The van der Waals surface area contributed by atoms with Gasteiger partial charge in [0.1, 0.15) is 11.5 Å². The van der Waals surface area contributed by atoms with E-state index in [4.69, 9.17) is 9.47 Å². The molecule has 130 valence electrons. The molecule has 1 aromatic carbocycles. The Morgan fingerprint density at radius 1 is 1.25 bits per heavy atom. The molecule has 0 spiro atoms. The molecule has 0 atom stereocenters. The van der Waals surface area contributed by atoms with Gasteiger partial charge in [-0.3, -0.25) is 4.79 Å². The Labute approximate surface area is 140 Å². The predicted molar refractivity (Wildman–Crippen MR) is 80.6 cm³/mol. The highest BCUT2D eigenvalue weighted by Gasteiger charge is 2.37. The van der Waals surface area contributed by atoms with Crippen molar-refractivity contribution >= 4 is 17.5 Å². The normalized spacial score (nSPS) is 11.4. The van der Waals surface area contributed by atoms with Crippen LogP contribution in [-0.4, -0.2) is 40.5 Å². The number of rotatable bonds is 6. The number of benzene rings is 1. The number of carbonyl (C=O) groups excluding carboxylic acids is 1. The highest BCUT2D eigenvalue weighted by Crippen LogP contribution is 2.30. The fourth-order valence-corrected chi connectivity index (χ4v) is 2.72. The molecule has 0 fully saturated rings. The fraction of sp³-hybridized carbons (Fsp3) is 0.357. The molecule has 0 aliphatic heterocycles. The second-order valence-corrected chi connectivity index (χ2v) is 5.58. The van der Waals surface area contributed by atoms with Crippen molar-refractivity contribution in [3.05, 3.63) is 29.6 Å². The van der Waals surface area contributed by atoms with Gasteiger partial charge in [-0.2, -0.15) is 13.2 Å². The highest BCUT2D eigenvalue weighted by atomic mass is 32.2. The monoisotopic (exact) mass is 361 g/mol. The second-order valence-electron chi connectivity index (χ2n) is 4.64. The third kappa shape index (κ3) is 3.81. The van der Waals surface area contributed by atoms with Crippen molar-refractivity contribution in [2.45, 2.75) is 11.3 Å². The van der Waals surface area contributed by atoms with Crippen LogP contribution in [0.1, 0.15) is 16.2 Å². The van der Waals surface area contributed by atoms with Crippen LogP contribution in [0.15, 0.2) is 23.4 Å². The topological polar surface area (TPSA) is 66.2 Å². The number of carbonyl (C=O) groups is 1. The summed E-state index contributed by atoms with van der Waals surface area (Å²) in [6.45, 7) is 0. The molecule has 0 N–H and O–H groups in total. The van der Waals surface area contributed by atoms with Crippen molar-refractivity contribution in [3.8, 4) is 11.5 Å². The Hall–Kier alpha value is -2.23. The maximum absolute atomic E-state index is 12.7. The lowest BCUT2D eigenvalue weighted by molar-refractivity contribution is -0.147. The van der Waals surface area contributed by atoms with Gasteiger partial charge in [0.15, 0.2) is 10.9 Å². The number of halogens is 3. The van der Waals surface area contributed by atoms with Crippen LogP contribution in [0.4, 0.5) is 13.2 Å². The van der Waals surface area contributed by atoms with Crippen LogP contribution in [0.2, 0.25) is 0 Å². The second kappa shape index (κ2) is 7.12. The first-order valence-electron chi connectivity index (χ1n) is 6.62. The largest absolute Gasteiger partial charge is 0.497 e.